The summed E-state index contributed by atoms with van der Waals surface area (Å²) >= 11 is 1.78. The van der Waals surface area contributed by atoms with Crippen LogP contribution in [0.25, 0.3) is 0 Å². The van der Waals surface area contributed by atoms with Gasteiger partial charge in [0.15, 0.2) is 0 Å². The van der Waals surface area contributed by atoms with Crippen LogP contribution >= 0.6 is 11.3 Å². The molecule has 0 unspecified atom stereocenters. The molecule has 5 heteroatoms. The van der Waals surface area contributed by atoms with E-state index in [9.17, 15) is 0 Å². The fraction of sp³-hybridized carbons (Fsp3) is 0.471. The molecule has 2 fully saturated rings. The summed E-state index contributed by atoms with van der Waals surface area (Å²) in [6, 6.07) is 8.20. The van der Waals surface area contributed by atoms with Crippen LogP contribution in [0.5, 0.6) is 0 Å². The minimum absolute atomic E-state index is 0.411. The number of thiophene rings is 1. The highest BCUT2D eigenvalue weighted by Gasteiger charge is 2.43. The quantitative estimate of drug-likeness (QED) is 0.920. The average molecular weight is 315 g/mol. The van der Waals surface area contributed by atoms with Crippen LogP contribution in [-0.2, 0) is 11.3 Å². The predicted octanol–water partition coefficient (Wildman–Crippen LogP) is 2.70. The molecule has 2 aromatic heterocycles. The summed E-state index contributed by atoms with van der Waals surface area (Å²) in [5.41, 5.74) is 1.42. The number of pyridine rings is 1. The van der Waals surface area contributed by atoms with Gasteiger partial charge in [-0.25, -0.2) is 4.98 Å². The van der Waals surface area contributed by atoms with Gasteiger partial charge in [-0.1, -0.05) is 6.07 Å². The highest BCUT2D eigenvalue weighted by molar-refractivity contribution is 7.07. The van der Waals surface area contributed by atoms with E-state index in [2.05, 4.69) is 32.0 Å². The van der Waals surface area contributed by atoms with Crippen molar-refractivity contribution in [3.05, 3.63) is 46.8 Å². The Morgan fingerprint density at radius 2 is 2.32 bits per heavy atom. The zero-order chi connectivity index (χ0) is 14.8. The summed E-state index contributed by atoms with van der Waals surface area (Å²) < 4.78 is 6.03. The zero-order valence-electron chi connectivity index (χ0n) is 12.5. The molecule has 0 spiro atoms. The fourth-order valence-corrected chi connectivity index (χ4v) is 4.22. The topological polar surface area (TPSA) is 37.4 Å². The van der Waals surface area contributed by atoms with Gasteiger partial charge in [-0.15, -0.1) is 0 Å². The Morgan fingerprint density at radius 3 is 3.14 bits per heavy atom. The van der Waals surface area contributed by atoms with Crippen molar-refractivity contribution < 1.29 is 4.74 Å². The standard InChI is InChI=1S/C17H21N3OS/c1-2-5-18-17(3-1)19-7-14-11-21-16-10-20(9-15(14)16)8-13-4-6-22-12-13/h1-6,12,14-16H,7-11H2,(H,18,19)/t14-,15+,16+/m0/s1. The molecule has 0 amide bonds. The monoisotopic (exact) mass is 315 g/mol. The second-order valence-corrected chi connectivity index (χ2v) is 7.00. The number of likely N-dealkylation sites (tertiary alicyclic amines) is 1. The maximum Gasteiger partial charge on any atom is 0.125 e. The number of hydrogen-bond acceptors (Lipinski definition) is 5. The van der Waals surface area contributed by atoms with Crippen LogP contribution in [-0.4, -0.2) is 42.2 Å². The van der Waals surface area contributed by atoms with E-state index in [0.717, 1.165) is 38.6 Å². The van der Waals surface area contributed by atoms with Gasteiger partial charge in [0.05, 0.1) is 12.7 Å². The summed E-state index contributed by atoms with van der Waals surface area (Å²) in [4.78, 5) is 6.86. The highest BCUT2D eigenvalue weighted by atomic mass is 32.1. The van der Waals surface area contributed by atoms with Gasteiger partial charge in [0.1, 0.15) is 5.82 Å². The molecule has 2 aliphatic rings. The summed E-state index contributed by atoms with van der Waals surface area (Å²) in [5, 5.41) is 7.85. The number of anilines is 1. The first-order valence-electron chi connectivity index (χ1n) is 7.88. The molecule has 0 saturated carbocycles. The Hall–Kier alpha value is -1.43. The van der Waals surface area contributed by atoms with Crippen LogP contribution in [0.4, 0.5) is 5.82 Å². The van der Waals surface area contributed by atoms with Crippen molar-refractivity contribution in [2.24, 2.45) is 11.8 Å². The number of nitrogens with one attached hydrogen (secondary N) is 1. The molecule has 2 saturated heterocycles. The molecule has 1 N–H and O–H groups in total. The third kappa shape index (κ3) is 3.02. The lowest BCUT2D eigenvalue weighted by Gasteiger charge is -2.19. The molecule has 0 radical (unpaired) electrons. The lowest BCUT2D eigenvalue weighted by molar-refractivity contribution is 0.0946. The third-order valence-corrected chi connectivity index (χ3v) is 5.44. The van der Waals surface area contributed by atoms with E-state index >= 15 is 0 Å². The Balaban J connectivity index is 1.32. The van der Waals surface area contributed by atoms with Gasteiger partial charge in [-0.05, 0) is 34.5 Å². The van der Waals surface area contributed by atoms with E-state index in [1.807, 2.05) is 24.4 Å². The van der Waals surface area contributed by atoms with Crippen molar-refractivity contribution in [1.82, 2.24) is 9.88 Å². The van der Waals surface area contributed by atoms with Crippen molar-refractivity contribution in [2.45, 2.75) is 12.6 Å². The molecule has 2 aromatic rings. The van der Waals surface area contributed by atoms with Crippen molar-refractivity contribution in [2.75, 3.05) is 31.6 Å². The summed E-state index contributed by atoms with van der Waals surface area (Å²) in [6.07, 6.45) is 2.24. The van der Waals surface area contributed by atoms with Crippen LogP contribution < -0.4 is 5.32 Å². The molecular formula is C17H21N3OS. The molecule has 0 aliphatic carbocycles. The SMILES string of the molecule is c1ccc(NC[C@H]2CO[C@@H]3CN(Cc4ccsc4)C[C@H]23)nc1. The molecule has 2 aliphatic heterocycles. The van der Waals surface area contributed by atoms with Crippen molar-refractivity contribution in [3.8, 4) is 0 Å². The van der Waals surface area contributed by atoms with E-state index in [1.54, 1.807) is 11.3 Å². The van der Waals surface area contributed by atoms with E-state index in [-0.39, 0.29) is 0 Å². The van der Waals surface area contributed by atoms with Crippen molar-refractivity contribution in [3.63, 3.8) is 0 Å². The highest BCUT2D eigenvalue weighted by Crippen LogP contribution is 2.34. The van der Waals surface area contributed by atoms with E-state index < -0.39 is 0 Å². The second-order valence-electron chi connectivity index (χ2n) is 6.22. The molecule has 22 heavy (non-hydrogen) atoms. The van der Waals surface area contributed by atoms with Gasteiger partial charge < -0.3 is 10.1 Å². The first-order valence-corrected chi connectivity index (χ1v) is 8.83. The Labute approximate surface area is 135 Å². The maximum absolute atomic E-state index is 6.03. The molecule has 116 valence electrons. The Bertz CT molecular complexity index is 589. The Morgan fingerprint density at radius 1 is 1.32 bits per heavy atom. The number of nitrogens with zero attached hydrogens (tertiary/aromatic N) is 2. The van der Waals surface area contributed by atoms with Crippen LogP contribution in [0.2, 0.25) is 0 Å². The number of aromatic nitrogens is 1. The normalized spacial score (nSPS) is 27.9. The number of fused-ring (bicyclic) bond motifs is 1. The van der Waals surface area contributed by atoms with Crippen LogP contribution in [0, 0.1) is 11.8 Å². The maximum atomic E-state index is 6.03. The van der Waals surface area contributed by atoms with Gasteiger partial charge in [0.25, 0.3) is 0 Å². The number of ether oxygens (including phenoxy) is 1. The largest absolute Gasteiger partial charge is 0.376 e. The molecule has 4 heterocycles. The minimum atomic E-state index is 0.411. The number of hydrogen-bond donors (Lipinski definition) is 1. The number of rotatable bonds is 5. The lowest BCUT2D eigenvalue weighted by atomic mass is 9.93. The van der Waals surface area contributed by atoms with Gasteiger partial charge in [0, 0.05) is 44.2 Å². The molecule has 4 rings (SSSR count). The van der Waals surface area contributed by atoms with E-state index in [1.165, 1.54) is 5.56 Å². The van der Waals surface area contributed by atoms with Crippen LogP contribution in [0.1, 0.15) is 5.56 Å². The summed E-state index contributed by atoms with van der Waals surface area (Å²) in [7, 11) is 0. The van der Waals surface area contributed by atoms with Gasteiger partial charge in [0.2, 0.25) is 0 Å². The van der Waals surface area contributed by atoms with Gasteiger partial charge >= 0.3 is 0 Å². The smallest absolute Gasteiger partial charge is 0.125 e. The average Bonchev–Trinajstić information content (AvgIpc) is 3.25. The fourth-order valence-electron chi connectivity index (χ4n) is 3.56. The molecule has 0 aromatic carbocycles. The zero-order valence-corrected chi connectivity index (χ0v) is 13.3. The van der Waals surface area contributed by atoms with E-state index in [4.69, 9.17) is 4.74 Å². The first-order chi connectivity index (χ1) is 10.9. The van der Waals surface area contributed by atoms with E-state index in [0.29, 0.717) is 17.9 Å². The van der Waals surface area contributed by atoms with Gasteiger partial charge in [-0.3, -0.25) is 4.90 Å². The van der Waals surface area contributed by atoms with Crippen molar-refractivity contribution >= 4 is 17.2 Å². The molecule has 0 bridgehead atoms. The summed E-state index contributed by atoms with van der Waals surface area (Å²) in [6.45, 7) is 5.10. The minimum Gasteiger partial charge on any atom is -0.376 e. The van der Waals surface area contributed by atoms with Gasteiger partial charge in [-0.2, -0.15) is 11.3 Å². The molecule has 3 atom stereocenters. The molecule has 4 nitrogen and oxygen atoms in total. The van der Waals surface area contributed by atoms with Crippen LogP contribution in [0.3, 0.4) is 0 Å². The second kappa shape index (κ2) is 6.36. The Kier molecular flexibility index (Phi) is 4.10. The lowest BCUT2D eigenvalue weighted by Crippen LogP contribution is -2.27. The van der Waals surface area contributed by atoms with Crippen molar-refractivity contribution in [1.29, 1.82) is 0 Å². The third-order valence-electron chi connectivity index (χ3n) is 4.71. The first kappa shape index (κ1) is 14.2. The van der Waals surface area contributed by atoms with Crippen LogP contribution in [0.15, 0.2) is 41.2 Å². The predicted molar refractivity (Wildman–Crippen MR) is 89.0 cm³/mol. The molecular weight excluding hydrogens is 294 g/mol. The summed E-state index contributed by atoms with van der Waals surface area (Å²) in [5.74, 6) is 2.19.